The van der Waals surface area contributed by atoms with Crippen molar-refractivity contribution in [2.24, 2.45) is 0 Å². The van der Waals surface area contributed by atoms with Crippen molar-refractivity contribution < 1.29 is 36.6 Å². The van der Waals surface area contributed by atoms with E-state index in [-0.39, 0.29) is 33.3 Å². The second kappa shape index (κ2) is 10.7. The molecule has 3 aromatic rings. The summed E-state index contributed by atoms with van der Waals surface area (Å²) in [7, 11) is 0. The van der Waals surface area contributed by atoms with E-state index in [4.69, 9.17) is 11.6 Å². The lowest BCUT2D eigenvalue weighted by molar-refractivity contribution is -0.0504. The summed E-state index contributed by atoms with van der Waals surface area (Å²) in [5.41, 5.74) is 0.705. The summed E-state index contributed by atoms with van der Waals surface area (Å²) >= 11 is 5.92. The van der Waals surface area contributed by atoms with Gasteiger partial charge in [-0.05, 0) is 42.0 Å². The first-order valence-corrected chi connectivity index (χ1v) is 9.61. The van der Waals surface area contributed by atoms with Crippen molar-refractivity contribution >= 4 is 29.2 Å². The molecular formula is C22H15ClF4N2O4. The predicted octanol–water partition coefficient (Wildman–Crippen LogP) is 6.17. The van der Waals surface area contributed by atoms with E-state index in [2.05, 4.69) is 20.1 Å². The van der Waals surface area contributed by atoms with E-state index < -0.39 is 25.2 Å². The van der Waals surface area contributed by atoms with Crippen LogP contribution in [0.5, 0.6) is 11.5 Å². The standard InChI is InChI=1S/C22H15ClF4N2O4/c23-17-4-2-1-3-16(17)19(30)29-22(31)28-13-7-10-15(18(11-13)33-21(26)27)12-5-8-14(9-6-12)32-20(24)25/h1-11,20-21H,(H2,28,29,30,31). The predicted molar refractivity (Wildman–Crippen MR) is 113 cm³/mol. The quantitative estimate of drug-likeness (QED) is 0.395. The molecule has 0 aliphatic heterocycles. The van der Waals surface area contributed by atoms with Gasteiger partial charge in [0.05, 0.1) is 10.6 Å². The first-order valence-electron chi connectivity index (χ1n) is 9.24. The zero-order chi connectivity index (χ0) is 24.0. The molecule has 0 bridgehead atoms. The average molecular weight is 483 g/mol. The van der Waals surface area contributed by atoms with Crippen molar-refractivity contribution in [2.75, 3.05) is 5.32 Å². The van der Waals surface area contributed by atoms with Crippen LogP contribution in [0.1, 0.15) is 10.4 Å². The third-order valence-electron chi connectivity index (χ3n) is 4.19. The molecule has 0 saturated heterocycles. The van der Waals surface area contributed by atoms with E-state index in [0.717, 1.165) is 6.07 Å². The number of hydrogen-bond donors (Lipinski definition) is 2. The van der Waals surface area contributed by atoms with Gasteiger partial charge in [-0.2, -0.15) is 17.6 Å². The molecule has 3 aromatic carbocycles. The lowest BCUT2D eigenvalue weighted by atomic mass is 10.0. The molecule has 3 rings (SSSR count). The second-order valence-electron chi connectivity index (χ2n) is 6.38. The molecule has 0 heterocycles. The van der Waals surface area contributed by atoms with Crippen molar-refractivity contribution in [1.29, 1.82) is 0 Å². The molecule has 11 heteroatoms. The van der Waals surface area contributed by atoms with Gasteiger partial charge < -0.3 is 14.8 Å². The molecule has 6 nitrogen and oxygen atoms in total. The number of amides is 3. The Hall–Kier alpha value is -3.79. The van der Waals surface area contributed by atoms with E-state index in [9.17, 15) is 27.2 Å². The Kier molecular flexibility index (Phi) is 7.73. The van der Waals surface area contributed by atoms with Gasteiger partial charge in [-0.1, -0.05) is 35.9 Å². The lowest BCUT2D eigenvalue weighted by Gasteiger charge is -2.14. The molecule has 2 N–H and O–H groups in total. The molecule has 0 aliphatic carbocycles. The minimum Gasteiger partial charge on any atom is -0.435 e. The SMILES string of the molecule is O=C(NC(=O)c1ccccc1Cl)Nc1ccc(-c2ccc(OC(F)F)cc2)c(OC(F)F)c1. The van der Waals surface area contributed by atoms with Crippen LogP contribution in [0.3, 0.4) is 0 Å². The number of benzene rings is 3. The molecule has 3 amide bonds. The Labute approximate surface area is 190 Å². The topological polar surface area (TPSA) is 76.7 Å². The third-order valence-corrected chi connectivity index (χ3v) is 4.52. The fourth-order valence-electron chi connectivity index (χ4n) is 2.83. The molecule has 33 heavy (non-hydrogen) atoms. The molecule has 0 aliphatic rings. The maximum absolute atomic E-state index is 12.9. The van der Waals surface area contributed by atoms with Crippen molar-refractivity contribution in [1.82, 2.24) is 5.32 Å². The van der Waals surface area contributed by atoms with Crippen LogP contribution < -0.4 is 20.1 Å². The zero-order valence-corrected chi connectivity index (χ0v) is 17.3. The number of hydrogen-bond acceptors (Lipinski definition) is 4. The second-order valence-corrected chi connectivity index (χ2v) is 6.79. The first kappa shape index (κ1) is 23.9. The number of carbonyl (C=O) groups excluding carboxylic acids is 2. The molecule has 0 radical (unpaired) electrons. The largest absolute Gasteiger partial charge is 0.435 e. The van der Waals surface area contributed by atoms with E-state index in [1.165, 1.54) is 48.5 Å². The Morgan fingerprint density at radius 3 is 2.15 bits per heavy atom. The van der Waals surface area contributed by atoms with Crippen LogP contribution in [0.4, 0.5) is 28.0 Å². The maximum atomic E-state index is 12.9. The Morgan fingerprint density at radius 2 is 1.52 bits per heavy atom. The zero-order valence-electron chi connectivity index (χ0n) is 16.5. The van der Waals surface area contributed by atoms with Gasteiger partial charge in [-0.15, -0.1) is 0 Å². The van der Waals surface area contributed by atoms with Gasteiger partial charge in [0.15, 0.2) is 0 Å². The van der Waals surface area contributed by atoms with Crippen LogP contribution in [-0.4, -0.2) is 25.2 Å². The molecule has 0 saturated carbocycles. The van der Waals surface area contributed by atoms with E-state index in [1.807, 2.05) is 0 Å². The van der Waals surface area contributed by atoms with Crippen molar-refractivity contribution in [3.63, 3.8) is 0 Å². The molecule has 0 aromatic heterocycles. The molecule has 0 atom stereocenters. The van der Waals surface area contributed by atoms with E-state index >= 15 is 0 Å². The number of carbonyl (C=O) groups is 2. The number of imide groups is 1. The number of alkyl halides is 4. The maximum Gasteiger partial charge on any atom is 0.387 e. The van der Waals surface area contributed by atoms with Crippen LogP contribution in [0, 0.1) is 0 Å². The first-order chi connectivity index (χ1) is 15.7. The summed E-state index contributed by atoms with van der Waals surface area (Å²) in [6.07, 6.45) is 0. The highest BCUT2D eigenvalue weighted by Gasteiger charge is 2.16. The molecule has 0 unspecified atom stereocenters. The summed E-state index contributed by atoms with van der Waals surface area (Å²) in [4.78, 5) is 24.3. The summed E-state index contributed by atoms with van der Waals surface area (Å²) < 4.78 is 59.3. The van der Waals surface area contributed by atoms with Crippen LogP contribution in [0.2, 0.25) is 5.02 Å². The normalized spacial score (nSPS) is 10.8. The van der Waals surface area contributed by atoms with Crippen molar-refractivity contribution in [3.05, 3.63) is 77.3 Å². The summed E-state index contributed by atoms with van der Waals surface area (Å²) in [5, 5.41) is 4.56. The Balaban J connectivity index is 1.78. The smallest absolute Gasteiger partial charge is 0.387 e. The monoisotopic (exact) mass is 482 g/mol. The number of halogens is 5. The minimum atomic E-state index is -3.17. The van der Waals surface area contributed by atoms with E-state index in [1.54, 1.807) is 12.1 Å². The fourth-order valence-corrected chi connectivity index (χ4v) is 3.05. The number of nitrogens with one attached hydrogen (secondary N) is 2. The Morgan fingerprint density at radius 1 is 0.848 bits per heavy atom. The van der Waals surface area contributed by atoms with Gasteiger partial charge in [-0.25, -0.2) is 4.79 Å². The van der Waals surface area contributed by atoms with Gasteiger partial charge in [-0.3, -0.25) is 10.1 Å². The Bertz CT molecular complexity index is 1140. The van der Waals surface area contributed by atoms with Crippen LogP contribution >= 0.6 is 11.6 Å². The summed E-state index contributed by atoms with van der Waals surface area (Å²) in [5.74, 6) is -1.16. The molecule has 0 spiro atoms. The van der Waals surface area contributed by atoms with Gasteiger partial charge in [0.1, 0.15) is 11.5 Å². The van der Waals surface area contributed by atoms with Crippen LogP contribution in [0.15, 0.2) is 66.7 Å². The van der Waals surface area contributed by atoms with Crippen LogP contribution in [-0.2, 0) is 0 Å². The minimum absolute atomic E-state index is 0.0523. The highest BCUT2D eigenvalue weighted by atomic mass is 35.5. The summed E-state index contributed by atoms with van der Waals surface area (Å²) in [6.45, 7) is -6.18. The summed E-state index contributed by atoms with van der Waals surface area (Å²) in [6, 6.07) is 14.3. The lowest BCUT2D eigenvalue weighted by Crippen LogP contribution is -2.34. The average Bonchev–Trinajstić information content (AvgIpc) is 2.74. The molecule has 0 fully saturated rings. The number of rotatable bonds is 7. The highest BCUT2D eigenvalue weighted by molar-refractivity contribution is 6.34. The van der Waals surface area contributed by atoms with Crippen molar-refractivity contribution in [2.45, 2.75) is 13.2 Å². The molecular weight excluding hydrogens is 468 g/mol. The third kappa shape index (κ3) is 6.59. The van der Waals surface area contributed by atoms with Gasteiger partial charge in [0.25, 0.3) is 5.91 Å². The number of anilines is 1. The molecule has 172 valence electrons. The van der Waals surface area contributed by atoms with E-state index in [0.29, 0.717) is 5.56 Å². The van der Waals surface area contributed by atoms with Gasteiger partial charge in [0, 0.05) is 17.3 Å². The fraction of sp³-hybridized carbons (Fsp3) is 0.0909. The number of ether oxygens (including phenoxy) is 2. The highest BCUT2D eigenvalue weighted by Crippen LogP contribution is 2.34. The van der Waals surface area contributed by atoms with Gasteiger partial charge >= 0.3 is 19.3 Å². The van der Waals surface area contributed by atoms with Crippen LogP contribution in [0.25, 0.3) is 11.1 Å². The number of urea groups is 1. The van der Waals surface area contributed by atoms with Crippen molar-refractivity contribution in [3.8, 4) is 22.6 Å². The van der Waals surface area contributed by atoms with Gasteiger partial charge in [0.2, 0.25) is 0 Å².